The largest absolute Gasteiger partial charge is 0.367 e. The van der Waals surface area contributed by atoms with Crippen molar-refractivity contribution in [3.63, 3.8) is 0 Å². The zero-order valence-electron chi connectivity index (χ0n) is 19.0. The van der Waals surface area contributed by atoms with Gasteiger partial charge in [-0.3, -0.25) is 4.79 Å². The van der Waals surface area contributed by atoms with Crippen molar-refractivity contribution < 1.29 is 4.79 Å². The number of para-hydroxylation sites is 1. The van der Waals surface area contributed by atoms with E-state index in [2.05, 4.69) is 91.7 Å². The summed E-state index contributed by atoms with van der Waals surface area (Å²) in [5.74, 6) is -0.0366. The number of rotatable bonds is 5. The summed E-state index contributed by atoms with van der Waals surface area (Å²) in [7, 11) is 0. The molecule has 160 valence electrons. The van der Waals surface area contributed by atoms with Crippen LogP contribution in [0.5, 0.6) is 0 Å². The Balaban J connectivity index is 1.37. The molecule has 1 amide bonds. The molecule has 31 heavy (non-hydrogen) atoms. The molecule has 1 heterocycles. The maximum absolute atomic E-state index is 12.8. The molecule has 0 aromatic heterocycles. The van der Waals surface area contributed by atoms with Crippen molar-refractivity contribution in [3.8, 4) is 0 Å². The summed E-state index contributed by atoms with van der Waals surface area (Å²) < 4.78 is 0. The third-order valence-corrected chi connectivity index (χ3v) is 6.20. The van der Waals surface area contributed by atoms with Crippen LogP contribution in [0, 0.1) is 0 Å². The van der Waals surface area contributed by atoms with Gasteiger partial charge in [-0.15, -0.1) is 0 Å². The summed E-state index contributed by atoms with van der Waals surface area (Å²) >= 11 is 0. The lowest BCUT2D eigenvalue weighted by Gasteiger charge is -2.21. The normalized spacial score (nSPS) is 14.3. The number of fused-ring (bicyclic) bond motifs is 1. The quantitative estimate of drug-likeness (QED) is 0.554. The molecule has 3 aromatic carbocycles. The molecule has 1 aliphatic heterocycles. The van der Waals surface area contributed by atoms with E-state index in [0.29, 0.717) is 5.56 Å². The van der Waals surface area contributed by atoms with Crippen LogP contribution in [0.2, 0.25) is 0 Å². The van der Waals surface area contributed by atoms with Crippen molar-refractivity contribution in [3.05, 3.63) is 101 Å². The second-order valence-electron chi connectivity index (χ2n) is 9.56. The number of anilines is 1. The highest BCUT2D eigenvalue weighted by molar-refractivity contribution is 5.94. The van der Waals surface area contributed by atoms with Gasteiger partial charge >= 0.3 is 0 Å². The lowest BCUT2D eigenvalue weighted by molar-refractivity contribution is 0.0940. The Morgan fingerprint density at radius 2 is 1.65 bits per heavy atom. The van der Waals surface area contributed by atoms with E-state index in [1.165, 1.54) is 22.4 Å². The summed E-state index contributed by atoms with van der Waals surface area (Å²) in [6, 6.07) is 25.1. The molecule has 0 spiro atoms. The van der Waals surface area contributed by atoms with Crippen LogP contribution in [-0.4, -0.2) is 12.5 Å². The number of hydrogen-bond donors (Lipinski definition) is 1. The molecular formula is C28H32N2O. The van der Waals surface area contributed by atoms with E-state index in [0.717, 1.165) is 25.1 Å². The molecule has 0 unspecified atom stereocenters. The van der Waals surface area contributed by atoms with Gasteiger partial charge in [-0.25, -0.2) is 0 Å². The minimum atomic E-state index is -0.0395. The SMILES string of the molecule is C[C@H](NC(=O)c1ccc(CN2CCc3ccccc32)cc1)c1ccc(C(C)(C)C)cc1. The molecule has 3 nitrogen and oxygen atoms in total. The summed E-state index contributed by atoms with van der Waals surface area (Å²) in [6.45, 7) is 10.6. The Bertz CT molecular complexity index is 1050. The fourth-order valence-corrected chi connectivity index (χ4v) is 4.19. The van der Waals surface area contributed by atoms with Crippen LogP contribution in [0.4, 0.5) is 5.69 Å². The van der Waals surface area contributed by atoms with E-state index in [1.807, 2.05) is 19.1 Å². The molecule has 0 fully saturated rings. The van der Waals surface area contributed by atoms with Gasteiger partial charge in [-0.1, -0.05) is 75.4 Å². The van der Waals surface area contributed by atoms with Crippen LogP contribution >= 0.6 is 0 Å². The summed E-state index contributed by atoms with van der Waals surface area (Å²) in [5, 5.41) is 3.13. The molecule has 4 rings (SSSR count). The van der Waals surface area contributed by atoms with E-state index in [1.54, 1.807) is 0 Å². The van der Waals surface area contributed by atoms with Gasteiger partial charge in [-0.2, -0.15) is 0 Å². The lowest BCUT2D eigenvalue weighted by Crippen LogP contribution is -2.26. The van der Waals surface area contributed by atoms with Gasteiger partial charge in [-0.05, 0) is 59.2 Å². The van der Waals surface area contributed by atoms with E-state index in [9.17, 15) is 4.79 Å². The molecule has 0 saturated carbocycles. The van der Waals surface area contributed by atoms with Gasteiger partial charge in [0.15, 0.2) is 0 Å². The van der Waals surface area contributed by atoms with Crippen LogP contribution in [0.25, 0.3) is 0 Å². The van der Waals surface area contributed by atoms with Crippen molar-refractivity contribution in [1.29, 1.82) is 0 Å². The Labute approximate surface area is 186 Å². The standard InChI is InChI=1S/C28H32N2O/c1-20(22-13-15-25(16-14-22)28(2,3)4)29-27(31)24-11-9-21(10-12-24)19-30-18-17-23-7-5-6-8-26(23)30/h5-16,20H,17-19H2,1-4H3,(H,29,31)/t20-/m0/s1. The highest BCUT2D eigenvalue weighted by atomic mass is 16.1. The zero-order valence-corrected chi connectivity index (χ0v) is 19.0. The number of nitrogens with one attached hydrogen (secondary N) is 1. The fourth-order valence-electron chi connectivity index (χ4n) is 4.19. The topological polar surface area (TPSA) is 32.3 Å². The van der Waals surface area contributed by atoms with E-state index in [-0.39, 0.29) is 17.4 Å². The average molecular weight is 413 g/mol. The van der Waals surface area contributed by atoms with E-state index < -0.39 is 0 Å². The summed E-state index contributed by atoms with van der Waals surface area (Å²) in [4.78, 5) is 15.2. The maximum Gasteiger partial charge on any atom is 0.251 e. The fraction of sp³-hybridized carbons (Fsp3) is 0.321. The smallest absolute Gasteiger partial charge is 0.251 e. The van der Waals surface area contributed by atoms with Crippen molar-refractivity contribution in [2.24, 2.45) is 0 Å². The van der Waals surface area contributed by atoms with Crippen molar-refractivity contribution >= 4 is 11.6 Å². The van der Waals surface area contributed by atoms with Crippen molar-refractivity contribution in [2.45, 2.75) is 52.1 Å². The van der Waals surface area contributed by atoms with Gasteiger partial charge in [0.1, 0.15) is 0 Å². The number of benzene rings is 3. The first-order valence-corrected chi connectivity index (χ1v) is 11.1. The van der Waals surface area contributed by atoms with Gasteiger partial charge in [0.05, 0.1) is 6.04 Å². The highest BCUT2D eigenvalue weighted by Gasteiger charge is 2.19. The van der Waals surface area contributed by atoms with Crippen LogP contribution in [0.15, 0.2) is 72.8 Å². The van der Waals surface area contributed by atoms with Crippen LogP contribution < -0.4 is 10.2 Å². The number of carbonyl (C=O) groups excluding carboxylic acids is 1. The monoisotopic (exact) mass is 412 g/mol. The predicted molar refractivity (Wildman–Crippen MR) is 129 cm³/mol. The van der Waals surface area contributed by atoms with Gasteiger partial charge in [0, 0.05) is 24.3 Å². The summed E-state index contributed by atoms with van der Waals surface area (Å²) in [6.07, 6.45) is 1.10. The van der Waals surface area contributed by atoms with Crippen LogP contribution in [0.3, 0.4) is 0 Å². The Hall–Kier alpha value is -3.07. The molecular weight excluding hydrogens is 380 g/mol. The molecule has 3 heteroatoms. The minimum Gasteiger partial charge on any atom is -0.367 e. The van der Waals surface area contributed by atoms with Crippen molar-refractivity contribution in [2.75, 3.05) is 11.4 Å². The number of carbonyl (C=O) groups is 1. The molecule has 0 radical (unpaired) electrons. The van der Waals surface area contributed by atoms with E-state index >= 15 is 0 Å². The molecule has 0 bridgehead atoms. The predicted octanol–water partition coefficient (Wildman–Crippen LogP) is 6.04. The molecule has 1 atom stereocenters. The molecule has 3 aromatic rings. The van der Waals surface area contributed by atoms with Gasteiger partial charge in [0.25, 0.3) is 5.91 Å². The number of hydrogen-bond acceptors (Lipinski definition) is 2. The van der Waals surface area contributed by atoms with Gasteiger partial charge < -0.3 is 10.2 Å². The second-order valence-corrected chi connectivity index (χ2v) is 9.56. The Morgan fingerprint density at radius 3 is 2.32 bits per heavy atom. The number of nitrogens with zero attached hydrogens (tertiary/aromatic N) is 1. The molecule has 1 N–H and O–H groups in total. The number of amides is 1. The molecule has 0 aliphatic carbocycles. The minimum absolute atomic E-state index is 0.0366. The van der Waals surface area contributed by atoms with Crippen LogP contribution in [0.1, 0.15) is 66.3 Å². The summed E-state index contributed by atoms with van der Waals surface area (Å²) in [5.41, 5.74) is 7.21. The second kappa shape index (κ2) is 8.58. The third-order valence-electron chi connectivity index (χ3n) is 6.20. The highest BCUT2D eigenvalue weighted by Crippen LogP contribution is 2.29. The van der Waals surface area contributed by atoms with Gasteiger partial charge in [0.2, 0.25) is 0 Å². The first kappa shape index (κ1) is 21.2. The Kier molecular flexibility index (Phi) is 5.86. The average Bonchev–Trinajstić information content (AvgIpc) is 3.16. The third kappa shape index (κ3) is 4.82. The van der Waals surface area contributed by atoms with Crippen molar-refractivity contribution in [1.82, 2.24) is 5.32 Å². The Morgan fingerprint density at radius 1 is 0.968 bits per heavy atom. The van der Waals surface area contributed by atoms with E-state index in [4.69, 9.17) is 0 Å². The molecule has 1 aliphatic rings. The maximum atomic E-state index is 12.8. The van der Waals surface area contributed by atoms with Crippen LogP contribution in [-0.2, 0) is 18.4 Å². The first-order chi connectivity index (χ1) is 14.8. The zero-order chi connectivity index (χ0) is 22.0. The molecule has 0 saturated heterocycles. The first-order valence-electron chi connectivity index (χ1n) is 11.1. The lowest BCUT2D eigenvalue weighted by atomic mass is 9.86.